The molecule has 0 saturated carbocycles. The Labute approximate surface area is 124 Å². The molecule has 0 radical (unpaired) electrons. The van der Waals surface area contributed by atoms with Crippen molar-refractivity contribution in [1.82, 2.24) is 0 Å². The van der Waals surface area contributed by atoms with Crippen molar-refractivity contribution in [2.24, 2.45) is 0 Å². The fourth-order valence-corrected chi connectivity index (χ4v) is 2.53. The normalized spacial score (nSPS) is 35.1. The summed E-state index contributed by atoms with van der Waals surface area (Å²) >= 11 is 7.49. The number of ether oxygens (including phenoxy) is 2. The SMILES string of the molecule is OC[C@H]1O[C@@H](S)[C@H](Oc2ccc(Br)cc2)[C@@H](O)[C@H]1O. The molecule has 1 aliphatic rings. The van der Waals surface area contributed by atoms with E-state index in [1.54, 1.807) is 24.3 Å². The van der Waals surface area contributed by atoms with Gasteiger partial charge in [-0.1, -0.05) is 15.9 Å². The first kappa shape index (κ1) is 15.1. The number of hydrogen-bond donors (Lipinski definition) is 4. The smallest absolute Gasteiger partial charge is 0.162 e. The summed E-state index contributed by atoms with van der Waals surface area (Å²) in [6, 6.07) is 7.04. The highest BCUT2D eigenvalue weighted by Crippen LogP contribution is 2.27. The Morgan fingerprint density at radius 1 is 1.21 bits per heavy atom. The summed E-state index contributed by atoms with van der Waals surface area (Å²) in [5, 5.41) is 28.8. The molecule has 1 heterocycles. The van der Waals surface area contributed by atoms with E-state index in [2.05, 4.69) is 28.6 Å². The zero-order valence-corrected chi connectivity index (χ0v) is 12.4. The molecule has 1 aliphatic heterocycles. The van der Waals surface area contributed by atoms with Gasteiger partial charge >= 0.3 is 0 Å². The molecule has 5 atom stereocenters. The number of aliphatic hydroxyl groups excluding tert-OH is 3. The van der Waals surface area contributed by atoms with Gasteiger partial charge in [0.05, 0.1) is 6.61 Å². The zero-order valence-electron chi connectivity index (χ0n) is 9.89. The predicted octanol–water partition coefficient (Wildman–Crippen LogP) is 0.565. The van der Waals surface area contributed by atoms with E-state index in [0.717, 1.165) is 4.47 Å². The molecule has 0 unspecified atom stereocenters. The maximum absolute atomic E-state index is 10.0. The van der Waals surface area contributed by atoms with Gasteiger partial charge in [0.25, 0.3) is 0 Å². The van der Waals surface area contributed by atoms with Crippen molar-refractivity contribution in [2.75, 3.05) is 6.61 Å². The summed E-state index contributed by atoms with van der Waals surface area (Å²) in [6.07, 6.45) is -4.07. The summed E-state index contributed by atoms with van der Waals surface area (Å²) in [5.41, 5.74) is -0.737. The molecule has 0 aliphatic carbocycles. The molecule has 0 aromatic heterocycles. The minimum Gasteiger partial charge on any atom is -0.484 e. The first-order valence-corrected chi connectivity index (χ1v) is 7.06. The first-order valence-electron chi connectivity index (χ1n) is 5.75. The molecule has 3 N–H and O–H groups in total. The summed E-state index contributed by atoms with van der Waals surface area (Å²) in [7, 11) is 0. The second-order valence-electron chi connectivity index (χ2n) is 4.27. The van der Waals surface area contributed by atoms with E-state index in [1.165, 1.54) is 0 Å². The highest BCUT2D eigenvalue weighted by molar-refractivity contribution is 9.10. The molecule has 0 amide bonds. The van der Waals surface area contributed by atoms with E-state index in [4.69, 9.17) is 14.6 Å². The molecular formula is C12H15BrO5S. The van der Waals surface area contributed by atoms with Crippen LogP contribution in [0.15, 0.2) is 28.7 Å². The van der Waals surface area contributed by atoms with Gasteiger partial charge in [0, 0.05) is 4.47 Å². The van der Waals surface area contributed by atoms with Crippen molar-refractivity contribution in [3.8, 4) is 5.75 Å². The number of benzene rings is 1. The Kier molecular flexibility index (Phi) is 5.10. The fraction of sp³-hybridized carbons (Fsp3) is 0.500. The molecule has 5 nitrogen and oxygen atoms in total. The fourth-order valence-electron chi connectivity index (χ4n) is 1.87. The second-order valence-corrected chi connectivity index (χ2v) is 5.69. The Bertz CT molecular complexity index is 415. The van der Waals surface area contributed by atoms with Gasteiger partial charge in [-0.3, -0.25) is 0 Å². The van der Waals surface area contributed by atoms with Crippen molar-refractivity contribution in [2.45, 2.75) is 29.9 Å². The standard InChI is InChI=1S/C12H15BrO5S/c13-6-1-3-7(4-2-6)17-11-10(16)9(15)8(5-14)18-12(11)19/h1-4,8-12,14-16,19H,5H2/t8-,9+,10+,11-,12+/m1/s1. The number of rotatable bonds is 3. The van der Waals surface area contributed by atoms with Gasteiger partial charge in [0.1, 0.15) is 29.5 Å². The Hall–Kier alpha value is -0.310. The van der Waals surface area contributed by atoms with Crippen molar-refractivity contribution in [3.63, 3.8) is 0 Å². The van der Waals surface area contributed by atoms with E-state index in [0.29, 0.717) is 5.75 Å². The van der Waals surface area contributed by atoms with Gasteiger partial charge in [0.2, 0.25) is 0 Å². The average Bonchev–Trinajstić information content (AvgIpc) is 2.41. The molecule has 0 bridgehead atoms. The predicted molar refractivity (Wildman–Crippen MR) is 75.3 cm³/mol. The van der Waals surface area contributed by atoms with Crippen LogP contribution in [0.3, 0.4) is 0 Å². The quantitative estimate of drug-likeness (QED) is 0.599. The molecule has 1 aromatic rings. The van der Waals surface area contributed by atoms with Crippen LogP contribution in [0.5, 0.6) is 5.75 Å². The van der Waals surface area contributed by atoms with Crippen LogP contribution in [0, 0.1) is 0 Å². The molecule has 1 aromatic carbocycles. The minimum absolute atomic E-state index is 0.389. The van der Waals surface area contributed by atoms with Crippen LogP contribution in [-0.4, -0.2) is 51.8 Å². The van der Waals surface area contributed by atoms with Crippen molar-refractivity contribution in [1.29, 1.82) is 0 Å². The van der Waals surface area contributed by atoms with E-state index in [-0.39, 0.29) is 6.61 Å². The molecule has 0 spiro atoms. The third-order valence-corrected chi connectivity index (χ3v) is 3.87. The summed E-state index contributed by atoms with van der Waals surface area (Å²) in [4.78, 5) is 0. The third kappa shape index (κ3) is 3.42. The van der Waals surface area contributed by atoms with Crippen molar-refractivity contribution in [3.05, 3.63) is 28.7 Å². The number of thiol groups is 1. The first-order chi connectivity index (χ1) is 9.02. The zero-order chi connectivity index (χ0) is 14.0. The van der Waals surface area contributed by atoms with E-state index in [9.17, 15) is 10.2 Å². The lowest BCUT2D eigenvalue weighted by Crippen LogP contribution is -2.58. The minimum atomic E-state index is -1.21. The van der Waals surface area contributed by atoms with Crippen LogP contribution < -0.4 is 4.74 Å². The molecule has 2 rings (SSSR count). The maximum Gasteiger partial charge on any atom is 0.162 e. The van der Waals surface area contributed by atoms with Crippen molar-refractivity contribution < 1.29 is 24.8 Å². The lowest BCUT2D eigenvalue weighted by Gasteiger charge is -2.40. The monoisotopic (exact) mass is 350 g/mol. The summed E-state index contributed by atoms with van der Waals surface area (Å²) < 4.78 is 11.8. The van der Waals surface area contributed by atoms with Gasteiger partial charge in [-0.25, -0.2) is 0 Å². The van der Waals surface area contributed by atoms with Gasteiger partial charge in [-0.2, -0.15) is 0 Å². The molecule has 1 saturated heterocycles. The van der Waals surface area contributed by atoms with E-state index < -0.39 is 29.9 Å². The van der Waals surface area contributed by atoms with Crippen LogP contribution in [0.2, 0.25) is 0 Å². The second kappa shape index (κ2) is 6.43. The Balaban J connectivity index is 2.09. The molecule has 1 fully saturated rings. The number of aliphatic hydroxyl groups is 3. The molecule has 19 heavy (non-hydrogen) atoms. The van der Waals surface area contributed by atoms with Crippen LogP contribution in [-0.2, 0) is 4.74 Å². The lowest BCUT2D eigenvalue weighted by atomic mass is 10.00. The molecular weight excluding hydrogens is 336 g/mol. The van der Waals surface area contributed by atoms with E-state index in [1.807, 2.05) is 0 Å². The summed E-state index contributed by atoms with van der Waals surface area (Å²) in [6.45, 7) is -0.389. The molecule has 106 valence electrons. The number of hydrogen-bond acceptors (Lipinski definition) is 6. The largest absolute Gasteiger partial charge is 0.484 e. The Morgan fingerprint density at radius 2 is 1.84 bits per heavy atom. The third-order valence-electron chi connectivity index (χ3n) is 2.93. The van der Waals surface area contributed by atoms with Gasteiger partial charge in [-0.05, 0) is 24.3 Å². The lowest BCUT2D eigenvalue weighted by molar-refractivity contribution is -0.198. The van der Waals surface area contributed by atoms with Gasteiger partial charge < -0.3 is 24.8 Å². The maximum atomic E-state index is 10.0. The van der Waals surface area contributed by atoms with Crippen LogP contribution in [0.4, 0.5) is 0 Å². The molecule has 7 heteroatoms. The van der Waals surface area contributed by atoms with Crippen molar-refractivity contribution >= 4 is 28.6 Å². The number of halogens is 1. The van der Waals surface area contributed by atoms with E-state index >= 15 is 0 Å². The highest BCUT2D eigenvalue weighted by Gasteiger charge is 2.44. The average molecular weight is 351 g/mol. The van der Waals surface area contributed by atoms with Gasteiger partial charge in [0.15, 0.2) is 6.10 Å². The highest BCUT2D eigenvalue weighted by atomic mass is 79.9. The van der Waals surface area contributed by atoms with Gasteiger partial charge in [-0.15, -0.1) is 12.6 Å². The Morgan fingerprint density at radius 3 is 2.42 bits per heavy atom. The van der Waals surface area contributed by atoms with Crippen LogP contribution in [0.1, 0.15) is 0 Å². The topological polar surface area (TPSA) is 79.2 Å². The summed E-state index contributed by atoms with van der Waals surface area (Å²) in [5.74, 6) is 0.532. The van der Waals surface area contributed by atoms with Crippen LogP contribution >= 0.6 is 28.6 Å². The van der Waals surface area contributed by atoms with Crippen LogP contribution in [0.25, 0.3) is 0 Å².